The molecule has 2 rings (SSSR count). The molecule has 0 amide bonds. The lowest BCUT2D eigenvalue weighted by atomic mass is 10.1. The summed E-state index contributed by atoms with van der Waals surface area (Å²) in [5, 5.41) is 13.6. The van der Waals surface area contributed by atoms with Crippen molar-refractivity contribution >= 4 is 56.4 Å². The first-order chi connectivity index (χ1) is 9.93. The van der Waals surface area contributed by atoms with Crippen molar-refractivity contribution in [2.75, 3.05) is 5.32 Å². The van der Waals surface area contributed by atoms with Crippen LogP contribution in [0.1, 0.15) is 24.1 Å². The van der Waals surface area contributed by atoms with E-state index in [1.165, 1.54) is 0 Å². The van der Waals surface area contributed by atoms with Crippen molar-refractivity contribution in [2.24, 2.45) is 0 Å². The molecule has 2 aromatic carbocycles. The Morgan fingerprint density at radius 3 is 2.52 bits per heavy atom. The highest BCUT2D eigenvalue weighted by atomic mass is 79.9. The summed E-state index contributed by atoms with van der Waals surface area (Å²) in [6.07, 6.45) is 0. The molecule has 0 aliphatic heterocycles. The van der Waals surface area contributed by atoms with Gasteiger partial charge in [0.25, 0.3) is 0 Å². The third kappa shape index (κ3) is 3.64. The number of hydrogen-bond donors (Lipinski definition) is 1. The SMILES string of the molecule is CC(Nc1cc(Br)ccc1C#N)c1ccc(Cl)c(Cl)c1Cl. The van der Waals surface area contributed by atoms with Crippen LogP contribution >= 0.6 is 50.7 Å². The highest BCUT2D eigenvalue weighted by Gasteiger charge is 2.15. The standard InChI is InChI=1S/C15H10BrCl3N2/c1-8(11-4-5-12(17)15(19)14(11)18)21-13-6-10(16)3-2-9(13)7-20/h2-6,8,21H,1H3. The quantitative estimate of drug-likeness (QED) is 0.596. The van der Waals surface area contributed by atoms with Crippen LogP contribution in [0.4, 0.5) is 5.69 Å². The zero-order chi connectivity index (χ0) is 15.6. The Hall–Kier alpha value is -0.920. The lowest BCUT2D eigenvalue weighted by Crippen LogP contribution is -2.08. The third-order valence-corrected chi connectivity index (χ3v) is 4.81. The molecule has 6 heteroatoms. The molecule has 0 radical (unpaired) electrons. The summed E-state index contributed by atoms with van der Waals surface area (Å²) in [7, 11) is 0. The summed E-state index contributed by atoms with van der Waals surface area (Å²) >= 11 is 21.6. The number of hydrogen-bond acceptors (Lipinski definition) is 2. The molecule has 0 spiro atoms. The number of rotatable bonds is 3. The molecule has 1 unspecified atom stereocenters. The molecule has 21 heavy (non-hydrogen) atoms. The molecular weight excluding hydrogens is 394 g/mol. The largest absolute Gasteiger partial charge is 0.377 e. The van der Waals surface area contributed by atoms with E-state index in [1.54, 1.807) is 12.1 Å². The van der Waals surface area contributed by atoms with Gasteiger partial charge < -0.3 is 5.32 Å². The van der Waals surface area contributed by atoms with Crippen molar-refractivity contribution in [1.82, 2.24) is 0 Å². The van der Waals surface area contributed by atoms with E-state index in [0.29, 0.717) is 20.6 Å². The number of benzene rings is 2. The number of nitrogens with one attached hydrogen (secondary N) is 1. The molecule has 0 saturated heterocycles. The average molecular weight is 405 g/mol. The van der Waals surface area contributed by atoms with Gasteiger partial charge in [0.2, 0.25) is 0 Å². The average Bonchev–Trinajstić information content (AvgIpc) is 2.45. The van der Waals surface area contributed by atoms with E-state index in [0.717, 1.165) is 15.7 Å². The Balaban J connectivity index is 2.35. The monoisotopic (exact) mass is 402 g/mol. The van der Waals surface area contributed by atoms with Gasteiger partial charge in [0.15, 0.2) is 0 Å². The zero-order valence-corrected chi connectivity index (χ0v) is 14.8. The van der Waals surface area contributed by atoms with E-state index in [-0.39, 0.29) is 6.04 Å². The smallest absolute Gasteiger partial charge is 0.101 e. The number of anilines is 1. The van der Waals surface area contributed by atoms with Gasteiger partial charge in [-0.2, -0.15) is 5.26 Å². The normalized spacial score (nSPS) is 11.8. The fourth-order valence-corrected chi connectivity index (χ4v) is 2.99. The first kappa shape index (κ1) is 16.5. The molecule has 0 saturated carbocycles. The van der Waals surface area contributed by atoms with E-state index in [9.17, 15) is 0 Å². The van der Waals surface area contributed by atoms with Crippen LogP contribution in [0.5, 0.6) is 0 Å². The summed E-state index contributed by atoms with van der Waals surface area (Å²) in [5.74, 6) is 0. The van der Waals surface area contributed by atoms with Crippen LogP contribution < -0.4 is 5.32 Å². The molecule has 2 nitrogen and oxygen atoms in total. The Labute approximate surface area is 146 Å². The van der Waals surface area contributed by atoms with Gasteiger partial charge in [-0.05, 0) is 36.8 Å². The van der Waals surface area contributed by atoms with Gasteiger partial charge >= 0.3 is 0 Å². The van der Waals surface area contributed by atoms with Gasteiger partial charge in [-0.3, -0.25) is 0 Å². The van der Waals surface area contributed by atoms with Crippen LogP contribution in [0.25, 0.3) is 0 Å². The lowest BCUT2D eigenvalue weighted by Gasteiger charge is -2.19. The second kappa shape index (κ2) is 6.89. The van der Waals surface area contributed by atoms with Crippen LogP contribution in [0.3, 0.4) is 0 Å². The number of nitriles is 1. The van der Waals surface area contributed by atoms with Crippen molar-refractivity contribution < 1.29 is 0 Å². The van der Waals surface area contributed by atoms with Crippen LogP contribution in [0, 0.1) is 11.3 Å². The molecule has 0 aliphatic carbocycles. The van der Waals surface area contributed by atoms with Crippen molar-refractivity contribution in [2.45, 2.75) is 13.0 Å². The van der Waals surface area contributed by atoms with Gasteiger partial charge in [-0.15, -0.1) is 0 Å². The maximum atomic E-state index is 9.16. The van der Waals surface area contributed by atoms with Crippen LogP contribution in [-0.4, -0.2) is 0 Å². The Kier molecular flexibility index (Phi) is 5.40. The minimum Gasteiger partial charge on any atom is -0.377 e. The van der Waals surface area contributed by atoms with Crippen molar-refractivity contribution in [3.63, 3.8) is 0 Å². The maximum absolute atomic E-state index is 9.16. The Morgan fingerprint density at radius 2 is 1.86 bits per heavy atom. The molecule has 0 aliphatic rings. The van der Waals surface area contributed by atoms with Gasteiger partial charge in [0.1, 0.15) is 6.07 Å². The lowest BCUT2D eigenvalue weighted by molar-refractivity contribution is 0.884. The highest BCUT2D eigenvalue weighted by molar-refractivity contribution is 9.10. The number of nitrogens with zero attached hydrogens (tertiary/aromatic N) is 1. The second-order valence-electron chi connectivity index (χ2n) is 4.43. The summed E-state index contributed by atoms with van der Waals surface area (Å²) in [5.41, 5.74) is 2.10. The van der Waals surface area contributed by atoms with Crippen LogP contribution in [0.2, 0.25) is 15.1 Å². The number of halogens is 4. The topological polar surface area (TPSA) is 35.8 Å². The molecule has 0 aromatic heterocycles. The van der Waals surface area contributed by atoms with E-state index >= 15 is 0 Å². The van der Waals surface area contributed by atoms with Crippen molar-refractivity contribution in [3.8, 4) is 6.07 Å². The highest BCUT2D eigenvalue weighted by Crippen LogP contribution is 2.36. The predicted molar refractivity (Wildman–Crippen MR) is 92.4 cm³/mol. The minimum absolute atomic E-state index is 0.131. The zero-order valence-electron chi connectivity index (χ0n) is 10.9. The third-order valence-electron chi connectivity index (χ3n) is 3.01. The fourth-order valence-electron chi connectivity index (χ4n) is 1.92. The maximum Gasteiger partial charge on any atom is 0.101 e. The van der Waals surface area contributed by atoms with E-state index in [1.807, 2.05) is 25.1 Å². The Bertz CT molecular complexity index is 726. The minimum atomic E-state index is -0.131. The predicted octanol–water partition coefficient (Wildman–Crippen LogP) is 6.45. The fraction of sp³-hybridized carbons (Fsp3) is 0.133. The molecular formula is C15H10BrCl3N2. The molecule has 108 valence electrons. The van der Waals surface area contributed by atoms with Crippen LogP contribution in [0.15, 0.2) is 34.8 Å². The first-order valence-electron chi connectivity index (χ1n) is 6.03. The molecule has 1 N–H and O–H groups in total. The molecule has 0 fully saturated rings. The van der Waals surface area contributed by atoms with Gasteiger partial charge in [0, 0.05) is 4.47 Å². The molecule has 0 bridgehead atoms. The molecule has 0 heterocycles. The van der Waals surface area contributed by atoms with Crippen LogP contribution in [-0.2, 0) is 0 Å². The first-order valence-corrected chi connectivity index (χ1v) is 7.96. The summed E-state index contributed by atoms with van der Waals surface area (Å²) in [4.78, 5) is 0. The van der Waals surface area contributed by atoms with Gasteiger partial charge in [0.05, 0.1) is 32.4 Å². The molecule has 1 atom stereocenters. The summed E-state index contributed by atoms with van der Waals surface area (Å²) in [6, 6.07) is 11.0. The van der Waals surface area contributed by atoms with Crippen molar-refractivity contribution in [3.05, 3.63) is 61.0 Å². The van der Waals surface area contributed by atoms with Crippen molar-refractivity contribution in [1.29, 1.82) is 5.26 Å². The van der Waals surface area contributed by atoms with Gasteiger partial charge in [-0.25, -0.2) is 0 Å². The Morgan fingerprint density at radius 1 is 1.14 bits per heavy atom. The summed E-state index contributed by atoms with van der Waals surface area (Å²) < 4.78 is 0.886. The van der Waals surface area contributed by atoms with E-state index < -0.39 is 0 Å². The second-order valence-corrected chi connectivity index (χ2v) is 6.51. The molecule has 2 aromatic rings. The van der Waals surface area contributed by atoms with E-state index in [4.69, 9.17) is 40.1 Å². The van der Waals surface area contributed by atoms with E-state index in [2.05, 4.69) is 27.3 Å². The summed E-state index contributed by atoms with van der Waals surface area (Å²) in [6.45, 7) is 1.94. The van der Waals surface area contributed by atoms with Gasteiger partial charge in [-0.1, -0.05) is 56.8 Å².